The van der Waals surface area contributed by atoms with Gasteiger partial charge in [0.1, 0.15) is 0 Å². The minimum absolute atomic E-state index is 0.0519. The van der Waals surface area contributed by atoms with Crippen molar-refractivity contribution in [3.63, 3.8) is 0 Å². The quantitative estimate of drug-likeness (QED) is 0.406. The fourth-order valence-electron chi connectivity index (χ4n) is 0.598. The zero-order valence-electron chi connectivity index (χ0n) is 7.80. The molecule has 14 heavy (non-hydrogen) atoms. The van der Waals surface area contributed by atoms with Crippen LogP contribution in [0.25, 0.3) is 0 Å². The van der Waals surface area contributed by atoms with E-state index in [2.05, 4.69) is 30.6 Å². The fraction of sp³-hybridized carbons (Fsp3) is 0.714. The molecule has 0 aromatic carbocycles. The molecule has 0 aliphatic heterocycles. The average Bonchev–Trinajstić information content (AvgIpc) is 2.02. The van der Waals surface area contributed by atoms with Crippen molar-refractivity contribution >= 4 is 37.1 Å². The van der Waals surface area contributed by atoms with E-state index in [1.807, 2.05) is 0 Å². The van der Waals surface area contributed by atoms with E-state index in [9.17, 15) is 9.59 Å². The molecule has 82 valence electrons. The van der Waals surface area contributed by atoms with E-state index in [4.69, 9.17) is 9.84 Å². The SMILES string of the molecule is CC(C)NC(=O)C(S)OC(S)C(=O)O. The Kier molecular flexibility index (Phi) is 5.98. The normalized spacial score (nSPS) is 14.9. The van der Waals surface area contributed by atoms with Crippen molar-refractivity contribution < 1.29 is 19.4 Å². The van der Waals surface area contributed by atoms with Gasteiger partial charge < -0.3 is 15.2 Å². The van der Waals surface area contributed by atoms with Crippen molar-refractivity contribution in [3.8, 4) is 0 Å². The highest BCUT2D eigenvalue weighted by Gasteiger charge is 2.22. The number of rotatable bonds is 5. The van der Waals surface area contributed by atoms with E-state index in [1.54, 1.807) is 13.8 Å². The van der Waals surface area contributed by atoms with Gasteiger partial charge in [0, 0.05) is 6.04 Å². The standard InChI is InChI=1S/C7H13NO4S2/c1-3(2)8-4(9)6(13)12-7(14)5(10)11/h3,6-7,13-14H,1-2H3,(H,8,9)(H,10,11). The molecule has 0 aliphatic rings. The zero-order chi connectivity index (χ0) is 11.3. The molecule has 2 atom stereocenters. The van der Waals surface area contributed by atoms with Gasteiger partial charge in [0.2, 0.25) is 0 Å². The summed E-state index contributed by atoms with van der Waals surface area (Å²) >= 11 is 7.39. The number of thiol groups is 2. The maximum absolute atomic E-state index is 11.2. The molecular weight excluding hydrogens is 226 g/mol. The van der Waals surface area contributed by atoms with Crippen LogP contribution in [-0.4, -0.2) is 33.9 Å². The minimum Gasteiger partial charge on any atom is -0.479 e. The average molecular weight is 239 g/mol. The molecule has 0 aliphatic carbocycles. The smallest absolute Gasteiger partial charge is 0.343 e. The largest absolute Gasteiger partial charge is 0.479 e. The van der Waals surface area contributed by atoms with Crippen molar-refractivity contribution in [2.24, 2.45) is 0 Å². The highest BCUT2D eigenvalue weighted by Crippen LogP contribution is 2.06. The van der Waals surface area contributed by atoms with Crippen LogP contribution in [0.4, 0.5) is 0 Å². The Morgan fingerprint density at radius 2 is 1.79 bits per heavy atom. The lowest BCUT2D eigenvalue weighted by Gasteiger charge is -2.16. The van der Waals surface area contributed by atoms with Gasteiger partial charge in [0.25, 0.3) is 5.91 Å². The van der Waals surface area contributed by atoms with Crippen LogP contribution in [0.15, 0.2) is 0 Å². The molecule has 7 heteroatoms. The van der Waals surface area contributed by atoms with E-state index in [0.29, 0.717) is 0 Å². The number of amides is 1. The number of carbonyl (C=O) groups is 2. The number of carboxylic acids is 1. The number of carboxylic acid groups (broad SMARTS) is 1. The Balaban J connectivity index is 4.01. The van der Waals surface area contributed by atoms with E-state index < -0.39 is 22.7 Å². The van der Waals surface area contributed by atoms with Crippen LogP contribution in [0.2, 0.25) is 0 Å². The van der Waals surface area contributed by atoms with Crippen molar-refractivity contribution in [2.75, 3.05) is 0 Å². The summed E-state index contributed by atoms with van der Waals surface area (Å²) in [5.74, 6) is -1.74. The molecule has 0 bridgehead atoms. The molecule has 0 spiro atoms. The first-order valence-corrected chi connectivity index (χ1v) is 4.92. The lowest BCUT2D eigenvalue weighted by Crippen LogP contribution is -2.39. The second-order valence-electron chi connectivity index (χ2n) is 2.84. The number of hydrogen-bond acceptors (Lipinski definition) is 5. The molecule has 0 aromatic heterocycles. The first-order chi connectivity index (χ1) is 6.34. The zero-order valence-corrected chi connectivity index (χ0v) is 9.59. The molecule has 1 amide bonds. The van der Waals surface area contributed by atoms with Gasteiger partial charge in [-0.15, -0.1) is 25.3 Å². The Labute approximate surface area is 93.0 Å². The van der Waals surface area contributed by atoms with Crippen molar-refractivity contribution in [3.05, 3.63) is 0 Å². The molecule has 0 saturated carbocycles. The van der Waals surface area contributed by atoms with E-state index in [1.165, 1.54) is 0 Å². The van der Waals surface area contributed by atoms with Crippen molar-refractivity contribution in [1.29, 1.82) is 0 Å². The first kappa shape index (κ1) is 13.6. The van der Waals surface area contributed by atoms with E-state index in [-0.39, 0.29) is 6.04 Å². The summed E-state index contributed by atoms with van der Waals surface area (Å²) in [4.78, 5) is 21.5. The lowest BCUT2D eigenvalue weighted by atomic mass is 10.4. The Bertz CT molecular complexity index is 222. The van der Waals surface area contributed by atoms with Crippen LogP contribution in [0.1, 0.15) is 13.8 Å². The van der Waals surface area contributed by atoms with Crippen LogP contribution in [0, 0.1) is 0 Å². The molecule has 0 fully saturated rings. The van der Waals surface area contributed by atoms with Crippen LogP contribution in [-0.2, 0) is 14.3 Å². The maximum Gasteiger partial charge on any atom is 0.343 e. The van der Waals surface area contributed by atoms with Gasteiger partial charge in [-0.25, -0.2) is 4.79 Å². The Hall–Kier alpha value is -0.400. The van der Waals surface area contributed by atoms with Gasteiger partial charge in [0.05, 0.1) is 0 Å². The predicted octanol–water partition coefficient (Wildman–Crippen LogP) is 0.124. The summed E-state index contributed by atoms with van der Waals surface area (Å²) in [6.07, 6.45) is 0. The van der Waals surface area contributed by atoms with Crippen molar-refractivity contribution in [2.45, 2.75) is 30.8 Å². The molecular formula is C7H13NO4S2. The highest BCUT2D eigenvalue weighted by atomic mass is 32.1. The molecule has 0 saturated heterocycles. The van der Waals surface area contributed by atoms with Crippen LogP contribution >= 0.6 is 25.3 Å². The summed E-state index contributed by atoms with van der Waals surface area (Å²) in [5, 5.41) is 10.9. The molecule has 0 aromatic rings. The molecule has 2 unspecified atom stereocenters. The van der Waals surface area contributed by atoms with Crippen LogP contribution in [0.5, 0.6) is 0 Å². The van der Waals surface area contributed by atoms with E-state index >= 15 is 0 Å². The summed E-state index contributed by atoms with van der Waals surface area (Å²) in [6, 6.07) is -0.0519. The van der Waals surface area contributed by atoms with E-state index in [0.717, 1.165) is 0 Å². The summed E-state index contributed by atoms with van der Waals surface area (Å²) in [5.41, 5.74) is -2.48. The van der Waals surface area contributed by atoms with Gasteiger partial charge in [-0.2, -0.15) is 0 Å². The molecule has 2 N–H and O–H groups in total. The maximum atomic E-state index is 11.2. The van der Waals surface area contributed by atoms with Crippen molar-refractivity contribution in [1.82, 2.24) is 5.32 Å². The number of aliphatic carboxylic acids is 1. The Morgan fingerprint density at radius 1 is 1.29 bits per heavy atom. The van der Waals surface area contributed by atoms with Crippen LogP contribution in [0.3, 0.4) is 0 Å². The summed E-state index contributed by atoms with van der Waals surface area (Å²) in [7, 11) is 0. The lowest BCUT2D eigenvalue weighted by molar-refractivity contribution is -0.147. The molecule has 0 heterocycles. The molecule has 5 nitrogen and oxygen atoms in total. The van der Waals surface area contributed by atoms with Gasteiger partial charge in [-0.1, -0.05) is 0 Å². The van der Waals surface area contributed by atoms with Gasteiger partial charge in [0.15, 0.2) is 10.9 Å². The second-order valence-corrected chi connectivity index (χ2v) is 3.78. The van der Waals surface area contributed by atoms with Gasteiger partial charge >= 0.3 is 5.97 Å². The summed E-state index contributed by atoms with van der Waals surface area (Å²) in [6.45, 7) is 3.54. The Morgan fingerprint density at radius 3 is 2.14 bits per heavy atom. The number of carbonyl (C=O) groups excluding carboxylic acids is 1. The third-order valence-corrected chi connectivity index (χ3v) is 1.82. The highest BCUT2D eigenvalue weighted by molar-refractivity contribution is 7.82. The fourth-order valence-corrected chi connectivity index (χ4v) is 1.01. The predicted molar refractivity (Wildman–Crippen MR) is 57.5 cm³/mol. The molecule has 0 radical (unpaired) electrons. The topological polar surface area (TPSA) is 75.6 Å². The number of ether oxygens (including phenoxy) is 1. The number of hydrogen-bond donors (Lipinski definition) is 4. The first-order valence-electron chi connectivity index (χ1n) is 3.89. The third kappa shape index (κ3) is 5.36. The monoisotopic (exact) mass is 239 g/mol. The second kappa shape index (κ2) is 6.15. The van der Waals surface area contributed by atoms with Gasteiger partial charge in [-0.3, -0.25) is 4.79 Å². The van der Waals surface area contributed by atoms with Gasteiger partial charge in [-0.05, 0) is 13.8 Å². The summed E-state index contributed by atoms with van der Waals surface area (Å²) < 4.78 is 4.69. The third-order valence-electron chi connectivity index (χ3n) is 1.12. The number of nitrogens with one attached hydrogen (secondary N) is 1. The molecule has 0 rings (SSSR count). The van der Waals surface area contributed by atoms with Crippen LogP contribution < -0.4 is 5.32 Å². The minimum atomic E-state index is -1.35.